The van der Waals surface area contributed by atoms with Crippen molar-refractivity contribution in [3.8, 4) is 5.69 Å². The molecule has 1 atom stereocenters. The fraction of sp³-hybridized carbons (Fsp3) is 0.333. The molecule has 4 rings (SSSR count). The Morgan fingerprint density at radius 1 is 1.10 bits per heavy atom. The van der Waals surface area contributed by atoms with Gasteiger partial charge in [0.25, 0.3) is 11.5 Å². The molecule has 2 aromatic rings. The van der Waals surface area contributed by atoms with E-state index in [9.17, 15) is 23.6 Å². The summed E-state index contributed by atoms with van der Waals surface area (Å²) in [6.07, 6.45) is 2.11. The summed E-state index contributed by atoms with van der Waals surface area (Å²) in [6, 6.07) is 5.92. The average molecular weight is 412 g/mol. The largest absolute Gasteiger partial charge is 0.338 e. The van der Waals surface area contributed by atoms with Gasteiger partial charge in [-0.05, 0) is 41.8 Å². The summed E-state index contributed by atoms with van der Waals surface area (Å²) in [5, 5.41) is 0. The van der Waals surface area contributed by atoms with Gasteiger partial charge in [-0.15, -0.1) is 0 Å². The molecular formula is C21H21FN4O4. The Hall–Kier alpha value is -3.49. The lowest BCUT2D eigenvalue weighted by atomic mass is 10.0. The van der Waals surface area contributed by atoms with Gasteiger partial charge in [-0.3, -0.25) is 23.9 Å². The Labute approximate surface area is 172 Å². The maximum atomic E-state index is 13.2. The number of nitrogens with zero attached hydrogens (tertiary/aromatic N) is 4. The number of imide groups is 1. The molecule has 0 aliphatic carbocycles. The van der Waals surface area contributed by atoms with Crippen LogP contribution < -0.4 is 5.56 Å². The van der Waals surface area contributed by atoms with Crippen molar-refractivity contribution in [2.45, 2.75) is 25.4 Å². The number of pyridine rings is 1. The van der Waals surface area contributed by atoms with E-state index in [-0.39, 0.29) is 17.9 Å². The maximum Gasteiger partial charge on any atom is 0.326 e. The SMILES string of the molecule is CN1C(=O)C(CC(=O)N2CCc3cc(=O)n(-c4ccc(F)cc4)cc3C2)N(C)C1=O. The first-order valence-electron chi connectivity index (χ1n) is 9.59. The molecule has 1 unspecified atom stereocenters. The van der Waals surface area contributed by atoms with Crippen LogP contribution in [0, 0.1) is 5.82 Å². The van der Waals surface area contributed by atoms with Gasteiger partial charge in [0, 0.05) is 45.1 Å². The average Bonchev–Trinajstić information content (AvgIpc) is 2.91. The van der Waals surface area contributed by atoms with Crippen LogP contribution in [-0.2, 0) is 22.6 Å². The molecule has 1 fully saturated rings. The Balaban J connectivity index is 1.54. The van der Waals surface area contributed by atoms with Crippen molar-refractivity contribution in [2.24, 2.45) is 0 Å². The van der Waals surface area contributed by atoms with Crippen LogP contribution in [0.25, 0.3) is 5.69 Å². The lowest BCUT2D eigenvalue weighted by molar-refractivity contribution is -0.137. The van der Waals surface area contributed by atoms with Crippen molar-refractivity contribution in [3.63, 3.8) is 0 Å². The molecule has 2 aliphatic heterocycles. The van der Waals surface area contributed by atoms with E-state index in [1.165, 1.54) is 47.8 Å². The second-order valence-corrected chi connectivity index (χ2v) is 7.58. The number of carbonyl (C=O) groups excluding carboxylic acids is 3. The summed E-state index contributed by atoms with van der Waals surface area (Å²) in [7, 11) is 2.91. The predicted molar refractivity (Wildman–Crippen MR) is 105 cm³/mol. The number of carbonyl (C=O) groups is 3. The van der Waals surface area contributed by atoms with Gasteiger partial charge in [0.05, 0.1) is 6.42 Å². The fourth-order valence-corrected chi connectivity index (χ4v) is 3.92. The van der Waals surface area contributed by atoms with Crippen LogP contribution in [0.3, 0.4) is 0 Å². The summed E-state index contributed by atoms with van der Waals surface area (Å²) >= 11 is 0. The fourth-order valence-electron chi connectivity index (χ4n) is 3.92. The van der Waals surface area contributed by atoms with Crippen LogP contribution in [0.4, 0.5) is 9.18 Å². The molecular weight excluding hydrogens is 391 g/mol. The van der Waals surface area contributed by atoms with E-state index in [0.717, 1.165) is 16.0 Å². The van der Waals surface area contributed by atoms with Gasteiger partial charge in [-0.1, -0.05) is 0 Å². The molecule has 0 N–H and O–H groups in total. The van der Waals surface area contributed by atoms with Crippen molar-refractivity contribution >= 4 is 17.8 Å². The van der Waals surface area contributed by atoms with Crippen LogP contribution in [-0.4, -0.2) is 63.8 Å². The molecule has 8 nitrogen and oxygen atoms in total. The summed E-state index contributed by atoms with van der Waals surface area (Å²) in [5.41, 5.74) is 2.00. The number of halogens is 1. The van der Waals surface area contributed by atoms with Crippen molar-refractivity contribution < 1.29 is 18.8 Å². The van der Waals surface area contributed by atoms with E-state index in [4.69, 9.17) is 0 Å². The van der Waals surface area contributed by atoms with Crippen molar-refractivity contribution in [1.82, 2.24) is 19.3 Å². The highest BCUT2D eigenvalue weighted by Gasteiger charge is 2.42. The molecule has 2 aliphatic rings. The van der Waals surface area contributed by atoms with E-state index < -0.39 is 23.8 Å². The molecule has 1 aromatic heterocycles. The van der Waals surface area contributed by atoms with Gasteiger partial charge in [0.1, 0.15) is 11.9 Å². The topological polar surface area (TPSA) is 82.9 Å². The first kappa shape index (κ1) is 19.8. The normalized spacial score (nSPS) is 18.8. The van der Waals surface area contributed by atoms with Crippen LogP contribution >= 0.6 is 0 Å². The van der Waals surface area contributed by atoms with Gasteiger partial charge in [0.15, 0.2) is 0 Å². The van der Waals surface area contributed by atoms with Gasteiger partial charge in [0.2, 0.25) is 5.91 Å². The van der Waals surface area contributed by atoms with E-state index in [0.29, 0.717) is 25.2 Å². The van der Waals surface area contributed by atoms with Gasteiger partial charge < -0.3 is 9.80 Å². The highest BCUT2D eigenvalue weighted by Crippen LogP contribution is 2.22. The Kier molecular flexibility index (Phi) is 4.89. The van der Waals surface area contributed by atoms with Crippen LogP contribution in [0.2, 0.25) is 0 Å². The summed E-state index contributed by atoms with van der Waals surface area (Å²) in [4.78, 5) is 53.4. The minimum atomic E-state index is -0.801. The number of fused-ring (bicyclic) bond motifs is 1. The Bertz CT molecular complexity index is 1100. The molecule has 30 heavy (non-hydrogen) atoms. The molecule has 1 saturated heterocycles. The number of amides is 4. The minimum Gasteiger partial charge on any atom is -0.338 e. The molecule has 0 bridgehead atoms. The highest BCUT2D eigenvalue weighted by atomic mass is 19.1. The summed E-state index contributed by atoms with van der Waals surface area (Å²) in [6.45, 7) is 0.726. The van der Waals surface area contributed by atoms with Crippen LogP contribution in [0.15, 0.2) is 41.3 Å². The molecule has 156 valence electrons. The molecule has 3 heterocycles. The molecule has 0 saturated carbocycles. The predicted octanol–water partition coefficient (Wildman–Crippen LogP) is 1.14. The zero-order chi connectivity index (χ0) is 21.6. The van der Waals surface area contributed by atoms with Crippen LogP contribution in [0.1, 0.15) is 17.5 Å². The van der Waals surface area contributed by atoms with E-state index in [1.54, 1.807) is 17.2 Å². The number of hydrogen-bond donors (Lipinski definition) is 0. The first-order chi connectivity index (χ1) is 14.3. The van der Waals surface area contributed by atoms with Crippen molar-refractivity contribution in [3.05, 3.63) is 63.8 Å². The lowest BCUT2D eigenvalue weighted by Gasteiger charge is -2.30. The summed E-state index contributed by atoms with van der Waals surface area (Å²) < 4.78 is 14.6. The maximum absolute atomic E-state index is 13.2. The monoisotopic (exact) mass is 412 g/mol. The second-order valence-electron chi connectivity index (χ2n) is 7.58. The second kappa shape index (κ2) is 7.40. The third kappa shape index (κ3) is 3.36. The highest BCUT2D eigenvalue weighted by molar-refractivity contribution is 6.05. The van der Waals surface area contributed by atoms with Crippen LogP contribution in [0.5, 0.6) is 0 Å². The van der Waals surface area contributed by atoms with Gasteiger partial charge in [-0.25, -0.2) is 9.18 Å². The first-order valence-corrected chi connectivity index (χ1v) is 9.59. The molecule has 0 spiro atoms. The minimum absolute atomic E-state index is 0.0850. The summed E-state index contributed by atoms with van der Waals surface area (Å²) in [5.74, 6) is -1.01. The third-order valence-corrected chi connectivity index (χ3v) is 5.74. The van der Waals surface area contributed by atoms with Crippen molar-refractivity contribution in [2.75, 3.05) is 20.6 Å². The van der Waals surface area contributed by atoms with E-state index in [1.807, 2.05) is 0 Å². The standard InChI is InChI=1S/C21H21FN4O4/c1-23-17(20(29)24(2)21(23)30)10-18(27)25-8-7-13-9-19(28)26(12-14(13)11-25)16-5-3-15(22)4-6-16/h3-6,9,12,17H,7-8,10-11H2,1-2H3. The number of rotatable bonds is 3. The van der Waals surface area contributed by atoms with Gasteiger partial charge >= 0.3 is 6.03 Å². The Morgan fingerprint density at radius 2 is 1.80 bits per heavy atom. The smallest absolute Gasteiger partial charge is 0.326 e. The van der Waals surface area contributed by atoms with E-state index >= 15 is 0 Å². The zero-order valence-corrected chi connectivity index (χ0v) is 16.7. The number of aromatic nitrogens is 1. The van der Waals surface area contributed by atoms with E-state index in [2.05, 4.69) is 0 Å². The Morgan fingerprint density at radius 3 is 2.43 bits per heavy atom. The molecule has 4 amide bonds. The van der Waals surface area contributed by atoms with Crippen molar-refractivity contribution in [1.29, 1.82) is 0 Å². The lowest BCUT2D eigenvalue weighted by Crippen LogP contribution is -2.42. The molecule has 9 heteroatoms. The zero-order valence-electron chi connectivity index (χ0n) is 16.7. The number of benzene rings is 1. The molecule has 1 aromatic carbocycles. The number of urea groups is 1. The quantitative estimate of drug-likeness (QED) is 0.708. The molecule has 0 radical (unpaired) electrons. The third-order valence-electron chi connectivity index (χ3n) is 5.74. The van der Waals surface area contributed by atoms with Gasteiger partial charge in [-0.2, -0.15) is 0 Å². The number of hydrogen-bond acceptors (Lipinski definition) is 4. The number of likely N-dealkylation sites (N-methyl/N-ethyl adjacent to an activating group) is 2.